The number of hydrogen-bond acceptors (Lipinski definition) is 3. The number of carbonyl (C=O) groups is 1. The fraction of sp³-hybridized carbons (Fsp3) is 0.844. The van der Waals surface area contributed by atoms with E-state index >= 15 is 0 Å². The van der Waals surface area contributed by atoms with E-state index in [0.29, 0.717) is 12.8 Å². The minimum Gasteiger partial charge on any atom is -0.394 e. The Labute approximate surface area is 306 Å². The zero-order valence-electron chi connectivity index (χ0n) is 33.0. The maximum atomic E-state index is 12.4. The minimum absolute atomic E-state index is 0.0354. The maximum absolute atomic E-state index is 12.4. The molecule has 0 aromatic rings. The molecule has 49 heavy (non-hydrogen) atoms. The molecule has 1 amide bonds. The van der Waals surface area contributed by atoms with E-state index in [1.54, 1.807) is 0 Å². The van der Waals surface area contributed by atoms with Crippen molar-refractivity contribution in [3.05, 3.63) is 36.5 Å². The van der Waals surface area contributed by atoms with Gasteiger partial charge in [0.05, 0.1) is 18.8 Å². The molecule has 0 bridgehead atoms. The molecule has 0 spiro atoms. The molecule has 288 valence electrons. The van der Waals surface area contributed by atoms with Gasteiger partial charge in [-0.1, -0.05) is 204 Å². The summed E-state index contributed by atoms with van der Waals surface area (Å²) in [6.45, 7) is 4.33. The van der Waals surface area contributed by atoms with E-state index in [0.717, 1.165) is 38.5 Å². The molecule has 0 saturated carbocycles. The van der Waals surface area contributed by atoms with Gasteiger partial charge >= 0.3 is 0 Å². The molecule has 0 aromatic carbocycles. The topological polar surface area (TPSA) is 69.6 Å². The lowest BCUT2D eigenvalue weighted by Gasteiger charge is -2.22. The number of aliphatic hydroxyl groups is 2. The summed E-state index contributed by atoms with van der Waals surface area (Å²) in [6.07, 6.45) is 53.7. The van der Waals surface area contributed by atoms with Gasteiger partial charge in [0, 0.05) is 6.42 Å². The Morgan fingerprint density at radius 1 is 0.490 bits per heavy atom. The van der Waals surface area contributed by atoms with E-state index < -0.39 is 12.1 Å². The molecular formula is C45H85NO3. The first-order valence-electron chi connectivity index (χ1n) is 21.7. The van der Waals surface area contributed by atoms with Crippen molar-refractivity contribution in [1.82, 2.24) is 5.32 Å². The van der Waals surface area contributed by atoms with Crippen LogP contribution in [-0.4, -0.2) is 34.9 Å². The number of nitrogens with one attached hydrogen (secondary N) is 1. The predicted octanol–water partition coefficient (Wildman–Crippen LogP) is 13.4. The monoisotopic (exact) mass is 688 g/mol. The van der Waals surface area contributed by atoms with Crippen molar-refractivity contribution in [1.29, 1.82) is 0 Å². The van der Waals surface area contributed by atoms with Crippen molar-refractivity contribution in [2.24, 2.45) is 0 Å². The van der Waals surface area contributed by atoms with Crippen LogP contribution in [0.1, 0.15) is 226 Å². The summed E-state index contributed by atoms with van der Waals surface area (Å²) in [6, 6.07) is -0.535. The van der Waals surface area contributed by atoms with Crippen LogP contribution in [0, 0.1) is 0 Å². The largest absolute Gasteiger partial charge is 0.394 e. The Hall–Kier alpha value is -1.39. The molecule has 0 aliphatic heterocycles. The van der Waals surface area contributed by atoms with Crippen LogP contribution in [0.5, 0.6) is 0 Å². The van der Waals surface area contributed by atoms with Crippen LogP contribution < -0.4 is 5.32 Å². The Bertz CT molecular complexity index is 746. The molecule has 0 heterocycles. The third kappa shape index (κ3) is 37.7. The van der Waals surface area contributed by atoms with Crippen LogP contribution in [0.2, 0.25) is 0 Å². The molecule has 0 aliphatic carbocycles. The molecule has 4 heteroatoms. The van der Waals surface area contributed by atoms with Crippen molar-refractivity contribution in [2.45, 2.75) is 238 Å². The molecule has 0 rings (SSSR count). The number of rotatable bonds is 39. The minimum atomic E-state index is -0.657. The molecule has 2 atom stereocenters. The lowest BCUT2D eigenvalue weighted by atomic mass is 10.0. The highest BCUT2D eigenvalue weighted by Crippen LogP contribution is 2.15. The summed E-state index contributed by atoms with van der Waals surface area (Å²) in [7, 11) is 0. The van der Waals surface area contributed by atoms with Crippen LogP contribution in [0.3, 0.4) is 0 Å². The molecule has 2 unspecified atom stereocenters. The van der Waals surface area contributed by atoms with Gasteiger partial charge in [0.25, 0.3) is 0 Å². The van der Waals surface area contributed by atoms with Gasteiger partial charge in [-0.25, -0.2) is 0 Å². The summed E-state index contributed by atoms with van der Waals surface area (Å²) in [5.74, 6) is -0.0354. The Kier molecular flexibility index (Phi) is 39.9. The second-order valence-electron chi connectivity index (χ2n) is 14.8. The highest BCUT2D eigenvalue weighted by atomic mass is 16.3. The molecule has 3 N–H and O–H groups in total. The van der Waals surface area contributed by atoms with Gasteiger partial charge in [0.15, 0.2) is 0 Å². The second-order valence-corrected chi connectivity index (χ2v) is 14.8. The van der Waals surface area contributed by atoms with Crippen LogP contribution in [-0.2, 0) is 4.79 Å². The second kappa shape index (κ2) is 41.0. The van der Waals surface area contributed by atoms with Crippen molar-refractivity contribution >= 4 is 5.91 Å². The standard InChI is InChI=1S/C45H85NO3/c1-3-5-7-9-11-13-15-16-17-18-19-20-21-22-23-24-25-26-27-28-29-30-31-33-35-37-39-41-45(49)46-43(42-47)44(48)40-38-36-34-32-14-12-10-8-6-4-2/h15-16,18-19,21-22,43-44,47-48H,3-14,17,20,23-42H2,1-2H3,(H,46,49)/b16-15-,19-18-,22-21-. The SMILES string of the molecule is CCCCCCC/C=C\C/C=C\C/C=C\CCCCCCCCCCCCCCC(=O)NC(CO)C(O)CCCCCCCCCCCC. The van der Waals surface area contributed by atoms with E-state index in [1.807, 2.05) is 0 Å². The highest BCUT2D eigenvalue weighted by molar-refractivity contribution is 5.76. The first-order chi connectivity index (χ1) is 24.2. The van der Waals surface area contributed by atoms with Gasteiger partial charge in [-0.15, -0.1) is 0 Å². The number of allylic oxidation sites excluding steroid dienone is 6. The summed E-state index contributed by atoms with van der Waals surface area (Å²) < 4.78 is 0. The molecular weight excluding hydrogens is 602 g/mol. The zero-order chi connectivity index (χ0) is 35.7. The van der Waals surface area contributed by atoms with Crippen LogP contribution >= 0.6 is 0 Å². The normalized spacial score (nSPS) is 13.3. The first kappa shape index (κ1) is 47.6. The summed E-state index contributed by atoms with van der Waals surface area (Å²) in [4.78, 5) is 12.4. The Morgan fingerprint density at radius 2 is 0.837 bits per heavy atom. The van der Waals surface area contributed by atoms with E-state index in [9.17, 15) is 15.0 Å². The lowest BCUT2D eigenvalue weighted by Crippen LogP contribution is -2.45. The van der Waals surface area contributed by atoms with Crippen molar-refractivity contribution in [2.75, 3.05) is 6.61 Å². The number of amides is 1. The third-order valence-corrected chi connectivity index (χ3v) is 9.90. The van der Waals surface area contributed by atoms with Gasteiger partial charge in [-0.2, -0.15) is 0 Å². The smallest absolute Gasteiger partial charge is 0.220 e. The predicted molar refractivity (Wildman–Crippen MR) is 216 cm³/mol. The first-order valence-corrected chi connectivity index (χ1v) is 21.7. The molecule has 0 fully saturated rings. The van der Waals surface area contributed by atoms with Gasteiger partial charge in [-0.3, -0.25) is 4.79 Å². The molecule has 0 saturated heterocycles. The third-order valence-electron chi connectivity index (χ3n) is 9.90. The molecule has 0 aliphatic rings. The average molecular weight is 688 g/mol. The maximum Gasteiger partial charge on any atom is 0.220 e. The Balaban J connectivity index is 3.49. The fourth-order valence-corrected chi connectivity index (χ4v) is 6.54. The number of unbranched alkanes of at least 4 members (excludes halogenated alkanes) is 26. The van der Waals surface area contributed by atoms with Crippen molar-refractivity contribution in [3.63, 3.8) is 0 Å². The van der Waals surface area contributed by atoms with Gasteiger partial charge < -0.3 is 15.5 Å². The number of aliphatic hydroxyl groups excluding tert-OH is 2. The van der Waals surface area contributed by atoms with Gasteiger partial charge in [0.1, 0.15) is 0 Å². The van der Waals surface area contributed by atoms with E-state index in [4.69, 9.17) is 0 Å². The van der Waals surface area contributed by atoms with E-state index in [1.165, 1.54) is 161 Å². The van der Waals surface area contributed by atoms with Crippen LogP contribution in [0.4, 0.5) is 0 Å². The summed E-state index contributed by atoms with van der Waals surface area (Å²) >= 11 is 0. The fourth-order valence-electron chi connectivity index (χ4n) is 6.54. The van der Waals surface area contributed by atoms with E-state index in [-0.39, 0.29) is 12.5 Å². The molecule has 4 nitrogen and oxygen atoms in total. The molecule has 0 radical (unpaired) electrons. The van der Waals surface area contributed by atoms with Crippen molar-refractivity contribution < 1.29 is 15.0 Å². The Morgan fingerprint density at radius 3 is 1.24 bits per heavy atom. The van der Waals surface area contributed by atoms with Crippen molar-refractivity contribution in [3.8, 4) is 0 Å². The van der Waals surface area contributed by atoms with Gasteiger partial charge in [0.2, 0.25) is 5.91 Å². The zero-order valence-corrected chi connectivity index (χ0v) is 33.0. The van der Waals surface area contributed by atoms with E-state index in [2.05, 4.69) is 55.6 Å². The summed E-state index contributed by atoms with van der Waals surface area (Å²) in [5, 5.41) is 23.1. The van der Waals surface area contributed by atoms with Crippen LogP contribution in [0.15, 0.2) is 36.5 Å². The quantitative estimate of drug-likeness (QED) is 0.0445. The highest BCUT2D eigenvalue weighted by Gasteiger charge is 2.19. The lowest BCUT2D eigenvalue weighted by molar-refractivity contribution is -0.123. The summed E-state index contributed by atoms with van der Waals surface area (Å²) in [5.41, 5.74) is 0. The van der Waals surface area contributed by atoms with Crippen LogP contribution in [0.25, 0.3) is 0 Å². The molecule has 0 aromatic heterocycles. The van der Waals surface area contributed by atoms with Gasteiger partial charge in [-0.05, 0) is 51.4 Å². The number of carbonyl (C=O) groups excluding carboxylic acids is 1. The number of hydrogen-bond donors (Lipinski definition) is 3. The average Bonchev–Trinajstić information content (AvgIpc) is 3.10.